The molecule has 0 aliphatic carbocycles. The number of hydrogen-bond acceptors (Lipinski definition) is 2. The van der Waals surface area contributed by atoms with Gasteiger partial charge in [-0.15, -0.1) is 0 Å². The molecule has 0 saturated carbocycles. The van der Waals surface area contributed by atoms with Gasteiger partial charge in [-0.3, -0.25) is 14.5 Å². The highest BCUT2D eigenvalue weighted by atomic mass is 16.2. The molecule has 84 valence electrons. The van der Waals surface area contributed by atoms with Gasteiger partial charge >= 0.3 is 0 Å². The van der Waals surface area contributed by atoms with Crippen LogP contribution in [0.2, 0.25) is 0 Å². The molecule has 0 spiro atoms. The molecule has 0 bridgehead atoms. The summed E-state index contributed by atoms with van der Waals surface area (Å²) in [6.45, 7) is 1.93. The number of nitrogens with one attached hydrogen (secondary N) is 1. The van der Waals surface area contributed by atoms with Crippen LogP contribution in [0.5, 0.6) is 0 Å². The maximum absolute atomic E-state index is 12.1. The van der Waals surface area contributed by atoms with Crippen LogP contribution in [0, 0.1) is 6.92 Å². The molecule has 0 unspecified atom stereocenters. The van der Waals surface area contributed by atoms with Crippen LogP contribution < -0.4 is 10.2 Å². The average molecular weight is 226 g/mol. The molecule has 1 aromatic carbocycles. The van der Waals surface area contributed by atoms with Crippen LogP contribution in [0.25, 0.3) is 0 Å². The Morgan fingerprint density at radius 3 is 2.59 bits per heavy atom. The van der Waals surface area contributed by atoms with E-state index in [1.165, 1.54) is 11.1 Å². The molecule has 1 N–H and O–H groups in total. The summed E-state index contributed by atoms with van der Waals surface area (Å²) in [5.41, 5.74) is 2.70. The van der Waals surface area contributed by atoms with Crippen molar-refractivity contribution in [3.63, 3.8) is 0 Å². The van der Waals surface area contributed by atoms with Crippen molar-refractivity contribution >= 4 is 17.5 Å². The van der Waals surface area contributed by atoms with Crippen molar-refractivity contribution in [3.05, 3.63) is 53.4 Å². The molecule has 0 atom stereocenters. The minimum atomic E-state index is -0.218. The molecule has 0 aromatic heterocycles. The van der Waals surface area contributed by atoms with Gasteiger partial charge in [-0.25, -0.2) is 0 Å². The van der Waals surface area contributed by atoms with E-state index in [0.717, 1.165) is 11.3 Å². The second kappa shape index (κ2) is 3.31. The predicted octanol–water partition coefficient (Wildman–Crippen LogP) is 1.24. The number of amides is 2. The third kappa shape index (κ3) is 1.30. The first kappa shape index (κ1) is 9.84. The Morgan fingerprint density at radius 1 is 1.12 bits per heavy atom. The SMILES string of the molecule is Cc1ccccc1N1C=C2C(=O)NC=C2C1=O. The molecule has 17 heavy (non-hydrogen) atoms. The second-order valence-electron chi connectivity index (χ2n) is 4.04. The summed E-state index contributed by atoms with van der Waals surface area (Å²) in [6.07, 6.45) is 3.06. The van der Waals surface area contributed by atoms with E-state index < -0.39 is 0 Å². The van der Waals surface area contributed by atoms with Crippen molar-refractivity contribution in [3.8, 4) is 0 Å². The van der Waals surface area contributed by atoms with Crippen LogP contribution in [0.4, 0.5) is 5.69 Å². The first-order valence-corrected chi connectivity index (χ1v) is 5.31. The Hall–Kier alpha value is -2.36. The molecule has 4 heteroatoms. The van der Waals surface area contributed by atoms with E-state index in [1.54, 1.807) is 6.20 Å². The van der Waals surface area contributed by atoms with Crippen LogP contribution in [0.15, 0.2) is 47.8 Å². The lowest BCUT2D eigenvalue weighted by Crippen LogP contribution is -2.22. The number of anilines is 1. The molecule has 4 nitrogen and oxygen atoms in total. The molecular weight excluding hydrogens is 216 g/mol. The van der Waals surface area contributed by atoms with Gasteiger partial charge in [0.2, 0.25) is 0 Å². The van der Waals surface area contributed by atoms with Gasteiger partial charge in [0, 0.05) is 12.4 Å². The zero-order valence-corrected chi connectivity index (χ0v) is 9.23. The molecule has 3 rings (SSSR count). The van der Waals surface area contributed by atoms with Crippen LogP contribution >= 0.6 is 0 Å². The van der Waals surface area contributed by atoms with Gasteiger partial charge in [0.05, 0.1) is 16.8 Å². The lowest BCUT2D eigenvalue weighted by molar-refractivity contribution is -0.116. The zero-order chi connectivity index (χ0) is 12.0. The number of fused-ring (bicyclic) bond motifs is 1. The molecular formula is C13H10N2O2. The van der Waals surface area contributed by atoms with Crippen LogP contribution in [0.1, 0.15) is 5.56 Å². The van der Waals surface area contributed by atoms with Gasteiger partial charge in [0.1, 0.15) is 0 Å². The maximum atomic E-state index is 12.1. The zero-order valence-electron chi connectivity index (χ0n) is 9.23. The van der Waals surface area contributed by atoms with Gasteiger partial charge in [-0.1, -0.05) is 18.2 Å². The smallest absolute Gasteiger partial charge is 0.264 e. The van der Waals surface area contributed by atoms with Gasteiger partial charge in [-0.05, 0) is 18.6 Å². The first-order chi connectivity index (χ1) is 8.18. The molecule has 2 aliphatic heterocycles. The third-order valence-electron chi connectivity index (χ3n) is 2.96. The number of carbonyl (C=O) groups is 2. The lowest BCUT2D eigenvalue weighted by atomic mass is 10.1. The van der Waals surface area contributed by atoms with Gasteiger partial charge in [-0.2, -0.15) is 0 Å². The third-order valence-corrected chi connectivity index (χ3v) is 2.96. The molecule has 2 amide bonds. The number of para-hydroxylation sites is 1. The molecule has 0 radical (unpaired) electrons. The first-order valence-electron chi connectivity index (χ1n) is 5.31. The lowest BCUT2D eigenvalue weighted by Gasteiger charge is -2.16. The highest BCUT2D eigenvalue weighted by molar-refractivity contribution is 6.23. The highest BCUT2D eigenvalue weighted by Crippen LogP contribution is 2.31. The Balaban J connectivity index is 2.08. The second-order valence-corrected chi connectivity index (χ2v) is 4.04. The number of benzene rings is 1. The van der Waals surface area contributed by atoms with E-state index in [0.29, 0.717) is 11.1 Å². The largest absolute Gasteiger partial charge is 0.328 e. The Kier molecular flexibility index (Phi) is 1.92. The molecule has 2 aliphatic rings. The number of rotatable bonds is 1. The summed E-state index contributed by atoms with van der Waals surface area (Å²) < 4.78 is 0. The number of aryl methyl sites for hydroxylation is 1. The molecule has 0 fully saturated rings. The summed E-state index contributed by atoms with van der Waals surface area (Å²) in [6, 6.07) is 7.59. The van der Waals surface area contributed by atoms with Gasteiger partial charge in [0.15, 0.2) is 0 Å². The summed E-state index contributed by atoms with van der Waals surface area (Å²) in [5, 5.41) is 2.52. The highest BCUT2D eigenvalue weighted by Gasteiger charge is 2.36. The van der Waals surface area contributed by atoms with Crippen molar-refractivity contribution in [1.29, 1.82) is 0 Å². The standard InChI is InChI=1S/C13H10N2O2/c1-8-4-2-3-5-11(8)15-7-10-9(13(15)17)6-14-12(10)16/h2-7H,1H3,(H,14,16). The normalized spacial score (nSPS) is 17.8. The topological polar surface area (TPSA) is 49.4 Å². The molecule has 0 saturated heterocycles. The fourth-order valence-electron chi connectivity index (χ4n) is 2.05. The van der Waals surface area contributed by atoms with E-state index in [9.17, 15) is 9.59 Å². The summed E-state index contributed by atoms with van der Waals surface area (Å²) in [7, 11) is 0. The number of carbonyl (C=O) groups excluding carboxylic acids is 2. The fourth-order valence-corrected chi connectivity index (χ4v) is 2.05. The van der Waals surface area contributed by atoms with Crippen LogP contribution in [0.3, 0.4) is 0 Å². The molecule has 2 heterocycles. The van der Waals surface area contributed by atoms with Crippen molar-refractivity contribution in [1.82, 2.24) is 5.32 Å². The predicted molar refractivity (Wildman–Crippen MR) is 63.0 cm³/mol. The summed E-state index contributed by atoms with van der Waals surface area (Å²) in [4.78, 5) is 25.1. The average Bonchev–Trinajstić information content (AvgIpc) is 2.83. The fraction of sp³-hybridized carbons (Fsp3) is 0.0769. The van der Waals surface area contributed by atoms with E-state index in [-0.39, 0.29) is 11.8 Å². The Bertz CT molecular complexity index is 599. The summed E-state index contributed by atoms with van der Waals surface area (Å²) in [5.74, 6) is -0.378. The Morgan fingerprint density at radius 2 is 1.88 bits per heavy atom. The van der Waals surface area contributed by atoms with Gasteiger partial charge < -0.3 is 5.32 Å². The van der Waals surface area contributed by atoms with Crippen molar-refractivity contribution < 1.29 is 9.59 Å². The monoisotopic (exact) mass is 226 g/mol. The van der Waals surface area contributed by atoms with Crippen LogP contribution in [-0.2, 0) is 9.59 Å². The number of nitrogens with zero attached hydrogens (tertiary/aromatic N) is 1. The van der Waals surface area contributed by atoms with Crippen LogP contribution in [-0.4, -0.2) is 11.8 Å². The Labute approximate surface area is 98.2 Å². The van der Waals surface area contributed by atoms with E-state index in [2.05, 4.69) is 5.32 Å². The van der Waals surface area contributed by atoms with Crippen molar-refractivity contribution in [2.45, 2.75) is 6.92 Å². The maximum Gasteiger partial charge on any atom is 0.264 e. The molecule has 1 aromatic rings. The van der Waals surface area contributed by atoms with E-state index >= 15 is 0 Å². The minimum Gasteiger partial charge on any atom is -0.328 e. The summed E-state index contributed by atoms with van der Waals surface area (Å²) >= 11 is 0. The number of hydrogen-bond donors (Lipinski definition) is 1. The van der Waals surface area contributed by atoms with Crippen molar-refractivity contribution in [2.24, 2.45) is 0 Å². The minimum absolute atomic E-state index is 0.160. The quantitative estimate of drug-likeness (QED) is 0.783. The van der Waals surface area contributed by atoms with E-state index in [4.69, 9.17) is 0 Å². The van der Waals surface area contributed by atoms with Crippen molar-refractivity contribution in [2.75, 3.05) is 4.90 Å². The van der Waals surface area contributed by atoms with Gasteiger partial charge in [0.25, 0.3) is 11.8 Å². The van der Waals surface area contributed by atoms with E-state index in [1.807, 2.05) is 31.2 Å².